The summed E-state index contributed by atoms with van der Waals surface area (Å²) in [5.41, 5.74) is 7.48. The van der Waals surface area contributed by atoms with E-state index < -0.39 is 18.1 Å². The molecule has 1 atom stereocenters. The van der Waals surface area contributed by atoms with E-state index in [0.717, 1.165) is 5.56 Å². The summed E-state index contributed by atoms with van der Waals surface area (Å²) < 4.78 is 15.0. The molecule has 0 aromatic heterocycles. The molecule has 2 amide bonds. The lowest BCUT2D eigenvalue weighted by molar-refractivity contribution is -0.117. The Hall–Kier alpha value is -3.59. The molecule has 0 spiro atoms. The molecule has 0 heterocycles. The number of rotatable bonds is 11. The first-order valence-electron chi connectivity index (χ1n) is 10.2. The summed E-state index contributed by atoms with van der Waals surface area (Å²) in [4.78, 5) is 35.9. The Morgan fingerprint density at radius 1 is 1.03 bits per heavy atom. The molecule has 172 valence electrons. The van der Waals surface area contributed by atoms with Crippen molar-refractivity contribution in [3.05, 3.63) is 59.7 Å². The molecule has 2 aromatic carbocycles. The number of ether oxygens (including phenoxy) is 3. The van der Waals surface area contributed by atoms with Crippen LogP contribution in [0.4, 0.5) is 10.5 Å². The average molecular weight is 444 g/mol. The molecule has 32 heavy (non-hydrogen) atoms. The SMILES string of the molecule is COC(=O)c1cc(NC(=O)[C@@H](N)CCCCNC(=O)OCc2ccccc2)ccc1OC. The molecule has 0 aliphatic carbocycles. The number of unbranched alkanes of at least 4 members (excludes halogenated alkanes) is 1. The molecule has 0 radical (unpaired) electrons. The van der Waals surface area contributed by atoms with E-state index in [1.165, 1.54) is 20.3 Å². The van der Waals surface area contributed by atoms with Crippen LogP contribution in [0.25, 0.3) is 0 Å². The molecule has 9 nitrogen and oxygen atoms in total. The predicted molar refractivity (Wildman–Crippen MR) is 119 cm³/mol. The Morgan fingerprint density at radius 3 is 2.47 bits per heavy atom. The van der Waals surface area contributed by atoms with Crippen LogP contribution < -0.4 is 21.1 Å². The van der Waals surface area contributed by atoms with Gasteiger partial charge in [-0.15, -0.1) is 0 Å². The maximum absolute atomic E-state index is 12.3. The summed E-state index contributed by atoms with van der Waals surface area (Å²) in [5, 5.41) is 5.36. The zero-order chi connectivity index (χ0) is 23.3. The van der Waals surface area contributed by atoms with Crippen molar-refractivity contribution in [3.8, 4) is 5.75 Å². The third-order valence-corrected chi connectivity index (χ3v) is 4.63. The highest BCUT2D eigenvalue weighted by Crippen LogP contribution is 2.23. The van der Waals surface area contributed by atoms with Crippen molar-refractivity contribution in [2.75, 3.05) is 26.1 Å². The van der Waals surface area contributed by atoms with E-state index >= 15 is 0 Å². The smallest absolute Gasteiger partial charge is 0.407 e. The number of benzene rings is 2. The van der Waals surface area contributed by atoms with Gasteiger partial charge in [-0.1, -0.05) is 30.3 Å². The van der Waals surface area contributed by atoms with Gasteiger partial charge in [-0.3, -0.25) is 4.79 Å². The first-order chi connectivity index (χ1) is 15.4. The number of amides is 2. The Bertz CT molecular complexity index is 904. The topological polar surface area (TPSA) is 129 Å². The lowest BCUT2D eigenvalue weighted by Gasteiger charge is -2.14. The van der Waals surface area contributed by atoms with Crippen LogP contribution >= 0.6 is 0 Å². The number of alkyl carbamates (subject to hydrolysis) is 1. The van der Waals surface area contributed by atoms with Gasteiger partial charge < -0.3 is 30.6 Å². The fraction of sp³-hybridized carbons (Fsp3) is 0.348. The van der Waals surface area contributed by atoms with Gasteiger partial charge in [0.05, 0.1) is 20.3 Å². The summed E-state index contributed by atoms with van der Waals surface area (Å²) >= 11 is 0. The van der Waals surface area contributed by atoms with Gasteiger partial charge in [-0.05, 0) is 43.0 Å². The Balaban J connectivity index is 1.68. The molecule has 0 bridgehead atoms. The molecule has 2 rings (SSSR count). The molecular formula is C23H29N3O6. The van der Waals surface area contributed by atoms with Gasteiger partial charge in [0.15, 0.2) is 0 Å². The second-order valence-corrected chi connectivity index (χ2v) is 6.99. The standard InChI is InChI=1S/C23H29N3O6/c1-30-20-12-11-17(14-18(20)22(28)31-2)26-21(27)19(24)10-6-7-13-25-23(29)32-15-16-8-4-3-5-9-16/h3-5,8-9,11-12,14,19H,6-7,10,13,15,24H2,1-2H3,(H,25,29)(H,26,27)/t19-/m0/s1. The quantitative estimate of drug-likeness (QED) is 0.360. The van der Waals surface area contributed by atoms with Crippen LogP contribution in [0.3, 0.4) is 0 Å². The lowest BCUT2D eigenvalue weighted by atomic mass is 10.1. The first-order valence-corrected chi connectivity index (χ1v) is 10.2. The second-order valence-electron chi connectivity index (χ2n) is 6.99. The van der Waals surface area contributed by atoms with Crippen molar-refractivity contribution in [2.24, 2.45) is 5.73 Å². The molecule has 0 unspecified atom stereocenters. The van der Waals surface area contributed by atoms with E-state index in [1.807, 2.05) is 30.3 Å². The van der Waals surface area contributed by atoms with Crippen LogP contribution in [0.5, 0.6) is 5.75 Å². The molecule has 4 N–H and O–H groups in total. The minimum atomic E-state index is -0.733. The molecule has 0 aliphatic rings. The molecule has 2 aromatic rings. The monoisotopic (exact) mass is 443 g/mol. The van der Waals surface area contributed by atoms with E-state index in [9.17, 15) is 14.4 Å². The Morgan fingerprint density at radius 2 is 1.78 bits per heavy atom. The van der Waals surface area contributed by atoms with E-state index in [4.69, 9.17) is 19.9 Å². The van der Waals surface area contributed by atoms with Gasteiger partial charge in [-0.2, -0.15) is 0 Å². The van der Waals surface area contributed by atoms with E-state index in [-0.39, 0.29) is 18.1 Å². The molecular weight excluding hydrogens is 414 g/mol. The van der Waals surface area contributed by atoms with Crippen LogP contribution in [0.2, 0.25) is 0 Å². The number of methoxy groups -OCH3 is 2. The highest BCUT2D eigenvalue weighted by molar-refractivity contribution is 5.98. The van der Waals surface area contributed by atoms with Crippen LogP contribution in [-0.4, -0.2) is 44.8 Å². The number of carbonyl (C=O) groups is 3. The molecule has 0 saturated heterocycles. The molecule has 0 aliphatic heterocycles. The van der Waals surface area contributed by atoms with Crippen LogP contribution in [-0.2, 0) is 20.9 Å². The number of nitrogens with one attached hydrogen (secondary N) is 2. The van der Waals surface area contributed by atoms with Crippen LogP contribution in [0.1, 0.15) is 35.2 Å². The fourth-order valence-electron chi connectivity index (χ4n) is 2.88. The summed E-state index contributed by atoms with van der Waals surface area (Å²) in [6.45, 7) is 0.629. The van der Waals surface area contributed by atoms with E-state index in [1.54, 1.807) is 12.1 Å². The zero-order valence-electron chi connectivity index (χ0n) is 18.3. The van der Waals surface area contributed by atoms with Crippen molar-refractivity contribution < 1.29 is 28.6 Å². The van der Waals surface area contributed by atoms with Crippen molar-refractivity contribution >= 4 is 23.7 Å². The lowest BCUT2D eigenvalue weighted by Crippen LogP contribution is -2.35. The molecule has 0 saturated carbocycles. The minimum absolute atomic E-state index is 0.201. The van der Waals surface area contributed by atoms with E-state index in [2.05, 4.69) is 10.6 Å². The molecule has 9 heteroatoms. The highest BCUT2D eigenvalue weighted by Gasteiger charge is 2.17. The van der Waals surface area contributed by atoms with Crippen molar-refractivity contribution in [1.82, 2.24) is 5.32 Å². The number of hydrogen-bond acceptors (Lipinski definition) is 7. The summed E-state index contributed by atoms with van der Waals surface area (Å²) in [6.07, 6.45) is 1.24. The largest absolute Gasteiger partial charge is 0.496 e. The third kappa shape index (κ3) is 7.92. The first kappa shape index (κ1) is 24.7. The summed E-state index contributed by atoms with van der Waals surface area (Å²) in [7, 11) is 2.70. The van der Waals surface area contributed by atoms with Gasteiger partial charge in [0.1, 0.15) is 17.9 Å². The number of hydrogen-bond donors (Lipinski definition) is 3. The van der Waals surface area contributed by atoms with Crippen molar-refractivity contribution in [3.63, 3.8) is 0 Å². The maximum atomic E-state index is 12.3. The van der Waals surface area contributed by atoms with Gasteiger partial charge in [0.25, 0.3) is 0 Å². The number of esters is 1. The zero-order valence-corrected chi connectivity index (χ0v) is 18.3. The minimum Gasteiger partial charge on any atom is -0.496 e. The average Bonchev–Trinajstić information content (AvgIpc) is 2.82. The van der Waals surface area contributed by atoms with Crippen molar-refractivity contribution in [1.29, 1.82) is 0 Å². The normalized spacial score (nSPS) is 11.2. The van der Waals surface area contributed by atoms with Gasteiger partial charge in [-0.25, -0.2) is 9.59 Å². The summed E-state index contributed by atoms with van der Waals surface area (Å²) in [5.74, 6) is -0.604. The highest BCUT2D eigenvalue weighted by atomic mass is 16.5. The Kier molecular flexibility index (Phi) is 9.99. The summed E-state index contributed by atoms with van der Waals surface area (Å²) in [6, 6.07) is 13.3. The maximum Gasteiger partial charge on any atom is 0.407 e. The number of carbonyl (C=O) groups excluding carboxylic acids is 3. The number of nitrogens with two attached hydrogens (primary N) is 1. The molecule has 0 fully saturated rings. The van der Waals surface area contributed by atoms with E-state index in [0.29, 0.717) is 37.2 Å². The van der Waals surface area contributed by atoms with Crippen LogP contribution in [0, 0.1) is 0 Å². The fourth-order valence-corrected chi connectivity index (χ4v) is 2.88. The third-order valence-electron chi connectivity index (χ3n) is 4.63. The predicted octanol–water partition coefficient (Wildman–Crippen LogP) is 2.84. The van der Waals surface area contributed by atoms with Crippen LogP contribution in [0.15, 0.2) is 48.5 Å². The van der Waals surface area contributed by atoms with Gasteiger partial charge in [0.2, 0.25) is 5.91 Å². The number of anilines is 1. The van der Waals surface area contributed by atoms with Gasteiger partial charge >= 0.3 is 12.1 Å². The van der Waals surface area contributed by atoms with Gasteiger partial charge in [0, 0.05) is 12.2 Å². The Labute approximate surface area is 187 Å². The van der Waals surface area contributed by atoms with Crippen molar-refractivity contribution in [2.45, 2.75) is 31.9 Å². The second kappa shape index (κ2) is 13.0.